The molecule has 0 saturated heterocycles. The Hall–Kier alpha value is -3.87. The van der Waals surface area contributed by atoms with Gasteiger partial charge in [0.1, 0.15) is 17.4 Å². The average molecular weight is 459 g/mol. The predicted molar refractivity (Wildman–Crippen MR) is 128 cm³/mol. The number of aliphatic imine (C=N–C) groups is 1. The van der Waals surface area contributed by atoms with E-state index in [0.717, 1.165) is 35.4 Å². The van der Waals surface area contributed by atoms with E-state index in [-0.39, 0.29) is 11.6 Å². The van der Waals surface area contributed by atoms with Crippen LogP contribution in [0.25, 0.3) is 11.1 Å². The van der Waals surface area contributed by atoms with Crippen molar-refractivity contribution in [1.29, 1.82) is 0 Å². The lowest BCUT2D eigenvalue weighted by molar-refractivity contribution is 0.502. The van der Waals surface area contributed by atoms with Crippen LogP contribution in [0.1, 0.15) is 42.7 Å². The molecule has 5 rings (SSSR count). The van der Waals surface area contributed by atoms with Crippen molar-refractivity contribution in [2.24, 2.45) is 4.99 Å². The molecule has 5 nitrogen and oxygen atoms in total. The van der Waals surface area contributed by atoms with Crippen LogP contribution in [0, 0.1) is 11.6 Å². The average Bonchev–Trinajstić information content (AvgIpc) is 3.55. The van der Waals surface area contributed by atoms with Gasteiger partial charge in [-0.05, 0) is 55.2 Å². The molecule has 34 heavy (non-hydrogen) atoms. The van der Waals surface area contributed by atoms with Crippen LogP contribution >= 0.6 is 0 Å². The third-order valence-corrected chi connectivity index (χ3v) is 6.08. The van der Waals surface area contributed by atoms with Gasteiger partial charge in [0.15, 0.2) is 0 Å². The normalized spacial score (nSPS) is 15.4. The summed E-state index contributed by atoms with van der Waals surface area (Å²) in [6, 6.07) is 15.6. The predicted octanol–water partition coefficient (Wildman–Crippen LogP) is 6.37. The number of halogens is 2. The fraction of sp³-hybridized carbons (Fsp3) is 0.222. The maximum absolute atomic E-state index is 14.1. The van der Waals surface area contributed by atoms with Crippen molar-refractivity contribution in [2.45, 2.75) is 32.4 Å². The zero-order valence-electron chi connectivity index (χ0n) is 18.8. The van der Waals surface area contributed by atoms with Crippen LogP contribution in [0.5, 0.6) is 0 Å². The monoisotopic (exact) mass is 458 g/mol. The smallest absolute Gasteiger partial charge is 0.225 e. The van der Waals surface area contributed by atoms with E-state index in [1.807, 2.05) is 53.7 Å². The second kappa shape index (κ2) is 9.55. The van der Waals surface area contributed by atoms with Gasteiger partial charge in [0.2, 0.25) is 5.95 Å². The minimum Gasteiger partial charge on any atom is -0.467 e. The lowest BCUT2D eigenvalue weighted by atomic mass is 10.0. The molecule has 2 aromatic carbocycles. The molecule has 7 heteroatoms. The molecule has 1 atom stereocenters. The molecule has 1 unspecified atom stereocenters. The first kappa shape index (κ1) is 21.9. The molecule has 1 aliphatic rings. The van der Waals surface area contributed by atoms with Crippen LogP contribution in [-0.4, -0.2) is 22.2 Å². The summed E-state index contributed by atoms with van der Waals surface area (Å²) in [6.45, 7) is 3.42. The summed E-state index contributed by atoms with van der Waals surface area (Å²) in [6.07, 6.45) is 6.56. The molecule has 0 fully saturated rings. The van der Waals surface area contributed by atoms with E-state index in [4.69, 9.17) is 4.42 Å². The van der Waals surface area contributed by atoms with Crippen molar-refractivity contribution in [1.82, 2.24) is 9.97 Å². The van der Waals surface area contributed by atoms with E-state index in [0.29, 0.717) is 24.6 Å². The Bertz CT molecular complexity index is 1270. The van der Waals surface area contributed by atoms with E-state index in [1.165, 1.54) is 18.2 Å². The Morgan fingerprint density at radius 3 is 2.32 bits per heavy atom. The van der Waals surface area contributed by atoms with Gasteiger partial charge in [-0.2, -0.15) is 0 Å². The van der Waals surface area contributed by atoms with Crippen LogP contribution < -0.4 is 4.90 Å². The van der Waals surface area contributed by atoms with Crippen molar-refractivity contribution < 1.29 is 13.2 Å². The lowest BCUT2D eigenvalue weighted by Gasteiger charge is -2.19. The number of benzene rings is 2. The SMILES string of the molecule is CCN(Cc1ccco1)c1ncc(-c2ccc(C3CCC(c4c(F)cccc4F)=N3)cc2)cn1. The first-order valence-electron chi connectivity index (χ1n) is 11.3. The molecule has 172 valence electrons. The second-order valence-electron chi connectivity index (χ2n) is 8.21. The number of nitrogens with zero attached hydrogens (tertiary/aromatic N) is 4. The zero-order valence-corrected chi connectivity index (χ0v) is 18.8. The number of aromatic nitrogens is 2. The van der Waals surface area contributed by atoms with E-state index < -0.39 is 11.6 Å². The second-order valence-corrected chi connectivity index (χ2v) is 8.21. The molecule has 2 aromatic heterocycles. The Morgan fingerprint density at radius 1 is 0.941 bits per heavy atom. The highest BCUT2D eigenvalue weighted by atomic mass is 19.1. The summed E-state index contributed by atoms with van der Waals surface area (Å²) in [4.78, 5) is 15.8. The third kappa shape index (κ3) is 4.46. The van der Waals surface area contributed by atoms with Gasteiger partial charge in [0.25, 0.3) is 0 Å². The number of anilines is 1. The Morgan fingerprint density at radius 2 is 1.68 bits per heavy atom. The maximum atomic E-state index is 14.1. The van der Waals surface area contributed by atoms with Crippen molar-refractivity contribution in [3.05, 3.63) is 102 Å². The fourth-order valence-corrected chi connectivity index (χ4v) is 4.24. The molecule has 0 aliphatic carbocycles. The summed E-state index contributed by atoms with van der Waals surface area (Å²) in [5.74, 6) is 0.376. The van der Waals surface area contributed by atoms with Crippen molar-refractivity contribution in [2.75, 3.05) is 11.4 Å². The topological polar surface area (TPSA) is 54.5 Å². The van der Waals surface area contributed by atoms with E-state index >= 15 is 0 Å². The highest BCUT2D eigenvalue weighted by molar-refractivity contribution is 6.02. The standard InChI is InChI=1S/C27H24F2N4O/c1-2-33(17-21-5-4-14-34-21)27-30-15-20(16-31-27)18-8-10-19(11-9-18)24-12-13-25(32-24)26-22(28)6-3-7-23(26)29/h3-11,14-16,24H,2,12-13,17H2,1H3. The molecule has 0 bridgehead atoms. The number of rotatable bonds is 7. The van der Waals surface area contributed by atoms with Crippen LogP contribution in [0.4, 0.5) is 14.7 Å². The lowest BCUT2D eigenvalue weighted by Crippen LogP contribution is -2.23. The van der Waals surface area contributed by atoms with E-state index in [1.54, 1.807) is 6.26 Å². The molecule has 4 aromatic rings. The zero-order chi connectivity index (χ0) is 23.5. The number of furan rings is 1. The van der Waals surface area contributed by atoms with Gasteiger partial charge in [-0.3, -0.25) is 4.99 Å². The molecule has 0 amide bonds. The van der Waals surface area contributed by atoms with E-state index in [2.05, 4.69) is 21.9 Å². The molecule has 0 radical (unpaired) electrons. The van der Waals surface area contributed by atoms with Gasteiger partial charge in [0.05, 0.1) is 24.4 Å². The summed E-state index contributed by atoms with van der Waals surface area (Å²) in [7, 11) is 0. The molecular formula is C27H24F2N4O. The van der Waals surface area contributed by atoms with Crippen LogP contribution in [0.3, 0.4) is 0 Å². The minimum atomic E-state index is -0.566. The Kier molecular flexibility index (Phi) is 6.16. The maximum Gasteiger partial charge on any atom is 0.225 e. The summed E-state index contributed by atoms with van der Waals surface area (Å²) in [5.41, 5.74) is 3.40. The molecule has 0 spiro atoms. The number of hydrogen-bond donors (Lipinski definition) is 0. The van der Waals surface area contributed by atoms with Gasteiger partial charge in [-0.1, -0.05) is 30.3 Å². The third-order valence-electron chi connectivity index (χ3n) is 6.08. The summed E-state index contributed by atoms with van der Waals surface area (Å²) in [5, 5.41) is 0. The van der Waals surface area contributed by atoms with Gasteiger partial charge < -0.3 is 9.32 Å². The van der Waals surface area contributed by atoms with E-state index in [9.17, 15) is 8.78 Å². The highest BCUT2D eigenvalue weighted by Crippen LogP contribution is 2.33. The number of hydrogen-bond acceptors (Lipinski definition) is 5. The molecular weight excluding hydrogens is 434 g/mol. The van der Waals surface area contributed by atoms with Crippen LogP contribution in [0.2, 0.25) is 0 Å². The van der Waals surface area contributed by atoms with Gasteiger partial charge in [-0.25, -0.2) is 18.7 Å². The molecule has 0 N–H and O–H groups in total. The highest BCUT2D eigenvalue weighted by Gasteiger charge is 2.24. The van der Waals surface area contributed by atoms with Crippen LogP contribution in [-0.2, 0) is 6.54 Å². The van der Waals surface area contributed by atoms with Crippen LogP contribution in [0.15, 0.2) is 82.7 Å². The van der Waals surface area contributed by atoms with Crippen molar-refractivity contribution in [3.8, 4) is 11.1 Å². The van der Waals surface area contributed by atoms with Crippen molar-refractivity contribution >= 4 is 11.7 Å². The minimum absolute atomic E-state index is 0.00738. The first-order valence-corrected chi connectivity index (χ1v) is 11.3. The van der Waals surface area contributed by atoms with Crippen molar-refractivity contribution in [3.63, 3.8) is 0 Å². The Balaban J connectivity index is 1.30. The molecule has 1 aliphatic heterocycles. The first-order chi connectivity index (χ1) is 16.6. The summed E-state index contributed by atoms with van der Waals surface area (Å²) >= 11 is 0. The largest absolute Gasteiger partial charge is 0.467 e. The Labute approximate surface area is 196 Å². The van der Waals surface area contributed by atoms with Gasteiger partial charge in [-0.15, -0.1) is 0 Å². The molecule has 0 saturated carbocycles. The van der Waals surface area contributed by atoms with Gasteiger partial charge >= 0.3 is 0 Å². The summed E-state index contributed by atoms with van der Waals surface area (Å²) < 4.78 is 33.7. The molecule has 3 heterocycles. The fourth-order valence-electron chi connectivity index (χ4n) is 4.24. The quantitative estimate of drug-likeness (QED) is 0.323. The van der Waals surface area contributed by atoms with Gasteiger partial charge in [0, 0.05) is 30.2 Å².